The summed E-state index contributed by atoms with van der Waals surface area (Å²) in [5.74, 6) is -8.98. The van der Waals surface area contributed by atoms with E-state index in [1.54, 1.807) is 20.8 Å². The van der Waals surface area contributed by atoms with E-state index in [1.807, 2.05) is 37.1 Å². The Bertz CT molecular complexity index is 3020. The average Bonchev–Trinajstić information content (AvgIpc) is 2.34. The number of benzene rings is 2. The zero-order valence-corrected chi connectivity index (χ0v) is 52.4. The van der Waals surface area contributed by atoms with Crippen molar-refractivity contribution in [3.8, 4) is 11.1 Å². The van der Waals surface area contributed by atoms with Gasteiger partial charge in [0, 0.05) is 120 Å². The second-order valence-corrected chi connectivity index (χ2v) is 26.2. The number of ketones is 2. The summed E-state index contributed by atoms with van der Waals surface area (Å²) >= 11 is 0. The number of cyclic esters (lactones) is 1. The Morgan fingerprint density at radius 3 is 2.29 bits per heavy atom. The second-order valence-electron chi connectivity index (χ2n) is 26.2. The lowest BCUT2D eigenvalue weighted by atomic mass is 9.78. The highest BCUT2D eigenvalue weighted by molar-refractivity contribution is 6.39. The summed E-state index contributed by atoms with van der Waals surface area (Å²) in [7, 11) is 3.04. The summed E-state index contributed by atoms with van der Waals surface area (Å²) in [5, 5.41) is 45.2. The lowest BCUT2D eigenvalue weighted by Gasteiger charge is -2.47. The molecule has 472 valence electrons. The molecule has 2 bridgehead atoms. The number of amides is 2. The lowest BCUT2D eigenvalue weighted by Crippen LogP contribution is -2.64. The molecule has 1 saturated carbocycles. The number of aliphatic hydroxyl groups excluding tert-OH is 3. The average molecular weight is 1200 g/mol. The van der Waals surface area contributed by atoms with Crippen molar-refractivity contribution in [1.29, 1.82) is 0 Å². The highest BCUT2D eigenvalue weighted by Crippen LogP contribution is 2.41. The fraction of sp³-hybridized carbons (Fsp3) is 0.600. The minimum atomic E-state index is -2.57. The zero-order chi connectivity index (χ0) is 62.3. The number of esters is 1. The number of aliphatic hydroxyl groups is 4. The maximum Gasteiger partial charge on any atom is 0.329 e. The van der Waals surface area contributed by atoms with Crippen LogP contribution in [0.4, 0.5) is 0 Å². The number of carbonyl (C=O) groups is 5. The molecule has 0 spiro atoms. The zero-order valence-electron chi connectivity index (χ0n) is 52.4. The Hall–Kier alpha value is -5.76. The van der Waals surface area contributed by atoms with E-state index in [-0.39, 0.29) is 74.7 Å². The molecule has 9 rings (SSSR count). The first-order valence-electron chi connectivity index (χ1n) is 31.9. The number of fused-ring (bicyclic) bond motifs is 4. The molecule has 1 aromatic heterocycles. The molecule has 2 aromatic carbocycles. The van der Waals surface area contributed by atoms with Crippen molar-refractivity contribution in [3.63, 3.8) is 0 Å². The van der Waals surface area contributed by atoms with Crippen LogP contribution in [-0.2, 0) is 55.9 Å². The van der Waals surface area contributed by atoms with E-state index in [2.05, 4.69) is 72.5 Å². The summed E-state index contributed by atoms with van der Waals surface area (Å²) in [4.78, 5) is 83.0. The Labute approximate surface area is 514 Å². The van der Waals surface area contributed by atoms with Crippen molar-refractivity contribution in [3.05, 3.63) is 118 Å². The monoisotopic (exact) mass is 1200 g/mol. The van der Waals surface area contributed by atoms with Crippen LogP contribution >= 0.6 is 0 Å². The van der Waals surface area contributed by atoms with Gasteiger partial charge in [-0.1, -0.05) is 98.7 Å². The topological polar surface area (TPSA) is 226 Å². The minimum Gasteiger partial charge on any atom is -0.456 e. The lowest BCUT2D eigenvalue weighted by molar-refractivity contribution is -0.302. The molecule has 6 aliphatic rings. The van der Waals surface area contributed by atoms with Crippen LogP contribution in [-0.4, -0.2) is 171 Å². The number of methoxy groups -OCH3 is 2. The van der Waals surface area contributed by atoms with E-state index in [4.69, 9.17) is 23.9 Å². The van der Waals surface area contributed by atoms with Crippen molar-refractivity contribution >= 4 is 34.9 Å². The Kier molecular flexibility index (Phi) is 22.1. The molecule has 87 heavy (non-hydrogen) atoms. The first-order valence-corrected chi connectivity index (χ1v) is 31.9. The van der Waals surface area contributed by atoms with Gasteiger partial charge in [0.2, 0.25) is 11.7 Å². The van der Waals surface area contributed by atoms with Gasteiger partial charge in [0.05, 0.1) is 30.1 Å². The number of allylic oxidation sites excluding steroid dienone is 4. The summed E-state index contributed by atoms with van der Waals surface area (Å²) in [6, 6.07) is 18.3. The van der Waals surface area contributed by atoms with Gasteiger partial charge in [-0.2, -0.15) is 0 Å². The molecule has 17 nitrogen and oxygen atoms in total. The van der Waals surface area contributed by atoms with Gasteiger partial charge in [0.1, 0.15) is 24.0 Å². The third-order valence-electron chi connectivity index (χ3n) is 19.7. The number of rotatable bonds is 12. The standard InChI is InChI=1S/C70H94N4O13/c1-42-12-11-13-51(31-42)55-21-22-57-56(55)37-53(39-71-57)50-18-15-48(16-19-50)40-72-26-28-73(29-27-72)64(79)24-20-52-32-43(2)30-44(3)33-62(84-7)66-63(85-8)35-46(5)70(83,87-66)67(80)68(81)74-25-10-9-14-58(74)69(82)86-65(47(6)60(77)38-61(52)78)45(4)34-49-17-23-59(76)54(36-49)41-75/h11-13,15-16,18-19,21,31-32,34,37,39,44,46-47,49,52,54,58-60,62-63,65-66,75-77,83H,9-10,14,17,20,22-30,33,35-36,38,40-41H2,1-8H3/b43-32+,45-34+/t44-,46+,47+,49-,52+,54-,58-,59+,60-,62-,63-,65+,66+,70+/m0/s1. The third-order valence-corrected chi connectivity index (χ3v) is 19.7. The van der Waals surface area contributed by atoms with Crippen LogP contribution in [0.2, 0.25) is 0 Å². The van der Waals surface area contributed by atoms with Crippen LogP contribution < -0.4 is 0 Å². The van der Waals surface area contributed by atoms with Crippen LogP contribution in [0.15, 0.2) is 90.2 Å². The largest absolute Gasteiger partial charge is 0.456 e. The summed E-state index contributed by atoms with van der Waals surface area (Å²) in [5.41, 5.74) is 10.7. The predicted octanol–water partition coefficient (Wildman–Crippen LogP) is 8.14. The van der Waals surface area contributed by atoms with Crippen LogP contribution in [0.3, 0.4) is 0 Å². The predicted molar refractivity (Wildman–Crippen MR) is 330 cm³/mol. The molecule has 2 aliphatic carbocycles. The number of piperazine rings is 1. The molecule has 3 saturated heterocycles. The van der Waals surface area contributed by atoms with Crippen LogP contribution in [0.1, 0.15) is 140 Å². The Morgan fingerprint density at radius 2 is 1.57 bits per heavy atom. The Balaban J connectivity index is 0.910. The molecule has 4 fully saturated rings. The quantitative estimate of drug-likeness (QED) is 0.0763. The highest BCUT2D eigenvalue weighted by Gasteiger charge is 2.57. The number of ether oxygens (including phenoxy) is 4. The number of piperidine rings is 1. The number of Topliss-reactive ketones (excluding diaryl/α,β-unsaturated/α-hetero) is 2. The second kappa shape index (κ2) is 29.3. The number of nitrogens with zero attached hydrogens (tertiary/aromatic N) is 4. The third kappa shape index (κ3) is 15.5. The molecule has 0 unspecified atom stereocenters. The maximum atomic E-state index is 14.8. The van der Waals surface area contributed by atoms with Crippen LogP contribution in [0.5, 0.6) is 0 Å². The van der Waals surface area contributed by atoms with Gasteiger partial charge >= 0.3 is 5.97 Å². The molecule has 17 heteroatoms. The normalized spacial score (nSPS) is 32.7. The van der Waals surface area contributed by atoms with Gasteiger partial charge in [-0.05, 0) is 131 Å². The van der Waals surface area contributed by atoms with Crippen molar-refractivity contribution in [2.75, 3.05) is 53.6 Å². The molecule has 4 aliphatic heterocycles. The molecule has 5 heterocycles. The fourth-order valence-corrected chi connectivity index (χ4v) is 14.5. The van der Waals surface area contributed by atoms with Gasteiger partial charge in [-0.3, -0.25) is 29.1 Å². The molecule has 3 aromatic rings. The molecular formula is C70H94N4O13. The van der Waals surface area contributed by atoms with Gasteiger partial charge in [0.15, 0.2) is 0 Å². The number of aromatic nitrogens is 1. The van der Waals surface area contributed by atoms with Gasteiger partial charge in [-0.15, -0.1) is 0 Å². The molecular weight excluding hydrogens is 1100 g/mol. The summed E-state index contributed by atoms with van der Waals surface area (Å²) in [6.07, 6.45) is 7.42. The van der Waals surface area contributed by atoms with Crippen molar-refractivity contribution < 1.29 is 63.3 Å². The molecule has 14 atom stereocenters. The fourth-order valence-electron chi connectivity index (χ4n) is 14.5. The van der Waals surface area contributed by atoms with E-state index in [1.165, 1.54) is 46.9 Å². The van der Waals surface area contributed by atoms with E-state index in [0.717, 1.165) is 35.4 Å². The smallest absolute Gasteiger partial charge is 0.329 e. The van der Waals surface area contributed by atoms with E-state index in [9.17, 15) is 44.4 Å². The number of pyridine rings is 1. The number of hydrogen-bond donors (Lipinski definition) is 4. The van der Waals surface area contributed by atoms with E-state index >= 15 is 0 Å². The van der Waals surface area contributed by atoms with Gasteiger partial charge < -0.3 is 49.2 Å². The minimum absolute atomic E-state index is 0.0445. The maximum absolute atomic E-state index is 14.8. The van der Waals surface area contributed by atoms with E-state index < -0.39 is 83.9 Å². The summed E-state index contributed by atoms with van der Waals surface area (Å²) < 4.78 is 24.7. The summed E-state index contributed by atoms with van der Waals surface area (Å²) in [6.45, 7) is 14.3. The van der Waals surface area contributed by atoms with E-state index in [0.29, 0.717) is 76.7 Å². The first kappa shape index (κ1) is 65.7. The molecule has 4 N–H and O–H groups in total. The number of carbonyl (C=O) groups excluding carboxylic acids is 5. The molecule has 2 amide bonds. The van der Waals surface area contributed by atoms with Crippen LogP contribution in [0, 0.1) is 42.4 Å². The number of hydrogen-bond acceptors (Lipinski definition) is 15. The van der Waals surface area contributed by atoms with Gasteiger partial charge in [0.25, 0.3) is 11.7 Å². The van der Waals surface area contributed by atoms with Crippen LogP contribution in [0.25, 0.3) is 16.7 Å². The van der Waals surface area contributed by atoms with Crippen molar-refractivity contribution in [1.82, 2.24) is 19.7 Å². The highest BCUT2D eigenvalue weighted by atomic mass is 16.7. The molecule has 0 radical (unpaired) electrons. The van der Waals surface area contributed by atoms with Gasteiger partial charge in [-0.25, -0.2) is 4.79 Å². The first-order chi connectivity index (χ1) is 41.7. The number of aryl methyl sites for hydroxylation is 1. The Morgan fingerprint density at radius 1 is 0.839 bits per heavy atom. The van der Waals surface area contributed by atoms with Crippen molar-refractivity contribution in [2.24, 2.45) is 35.5 Å². The van der Waals surface area contributed by atoms with Crippen molar-refractivity contribution in [2.45, 2.75) is 180 Å². The SMILES string of the molecule is CO[C@H]1C[C@@H](C)C/C(C)=C/[C@@H](CCC(=O)N2CCN(Cc3ccc(-c4cnc5c(c4)C(c4cccc(C)c4)=CC5)cc3)CC2)C(=O)C[C@H](O)[C@@H](C)[C@@H](/C(C)=C/[C@@H]2CC[C@@H](O)[C@H](CO)C2)OC(=O)[C@@H]2CCCCN2C(=O)C(=O)[C@]2(O)O[C@H]1[C@@H](OC)C[C@H]2C.